The van der Waals surface area contributed by atoms with E-state index in [1.807, 2.05) is 11.8 Å². The lowest BCUT2D eigenvalue weighted by atomic mass is 10.3. The van der Waals surface area contributed by atoms with Gasteiger partial charge in [0, 0.05) is 5.08 Å². The molecule has 2 heteroatoms. The van der Waals surface area contributed by atoms with Crippen molar-refractivity contribution in [2.45, 2.75) is 26.2 Å². The van der Waals surface area contributed by atoms with Gasteiger partial charge in [0.2, 0.25) is 0 Å². The van der Waals surface area contributed by atoms with E-state index in [9.17, 15) is 0 Å². The van der Waals surface area contributed by atoms with E-state index in [0.717, 1.165) is 5.08 Å². The van der Waals surface area contributed by atoms with Crippen molar-refractivity contribution in [2.24, 2.45) is 0 Å². The maximum absolute atomic E-state index is 4.09. The summed E-state index contributed by atoms with van der Waals surface area (Å²) in [5, 5.41) is 0.976. The number of unbranched alkanes of at least 4 members (excludes halogenated alkanes) is 2. The number of rotatable bonds is 5. The molecule has 50 valence electrons. The highest BCUT2D eigenvalue weighted by molar-refractivity contribution is 8.09. The predicted molar refractivity (Wildman–Crippen MR) is 45.8 cm³/mol. The molecule has 0 aliphatic heterocycles. The molecule has 0 fully saturated rings. The molecule has 0 aromatic heterocycles. The molecule has 0 heterocycles. The van der Waals surface area contributed by atoms with Crippen LogP contribution >= 0.6 is 24.4 Å². The average molecular weight is 150 g/mol. The van der Waals surface area contributed by atoms with Gasteiger partial charge in [-0.2, -0.15) is 24.4 Å². The van der Waals surface area contributed by atoms with Crippen LogP contribution in [0.2, 0.25) is 0 Å². The Morgan fingerprint density at radius 1 is 1.38 bits per heavy atom. The first kappa shape index (κ1) is 8.70. The lowest BCUT2D eigenvalue weighted by molar-refractivity contribution is 0.779. The Bertz CT molecular complexity index is 31.5. The second-order valence-corrected chi connectivity index (χ2v) is 3.59. The summed E-state index contributed by atoms with van der Waals surface area (Å²) in [7, 11) is 0. The highest BCUT2D eigenvalue weighted by Crippen LogP contribution is 2.06. The summed E-state index contributed by atoms with van der Waals surface area (Å²) in [5.41, 5.74) is 0. The minimum Gasteiger partial charge on any atom is -0.168 e. The normalized spacial score (nSPS) is 9.75. The summed E-state index contributed by atoms with van der Waals surface area (Å²) < 4.78 is 0. The number of hydrogen-bond acceptors (Lipinski definition) is 2. The third kappa shape index (κ3) is 6.70. The average Bonchev–Trinajstić information content (AvgIpc) is 1.81. The Kier molecular flexibility index (Phi) is 8.37. The maximum atomic E-state index is 4.09. The fraction of sp³-hybridized carbons (Fsp3) is 1.00. The quantitative estimate of drug-likeness (QED) is 0.357. The van der Waals surface area contributed by atoms with Crippen molar-refractivity contribution in [3.8, 4) is 0 Å². The first-order chi connectivity index (χ1) is 3.91. The van der Waals surface area contributed by atoms with Gasteiger partial charge in [-0.1, -0.05) is 19.8 Å². The van der Waals surface area contributed by atoms with Gasteiger partial charge in [0.15, 0.2) is 0 Å². The molecule has 0 spiro atoms. The van der Waals surface area contributed by atoms with Crippen molar-refractivity contribution in [1.82, 2.24) is 0 Å². The SMILES string of the molecule is CCCCCSCS. The lowest BCUT2D eigenvalue weighted by Gasteiger charge is -1.93. The summed E-state index contributed by atoms with van der Waals surface area (Å²) in [6.07, 6.45) is 4.07. The van der Waals surface area contributed by atoms with Gasteiger partial charge >= 0.3 is 0 Å². The molecule has 0 amide bonds. The molecule has 8 heavy (non-hydrogen) atoms. The Hall–Kier alpha value is 0.700. The summed E-state index contributed by atoms with van der Waals surface area (Å²) in [5.74, 6) is 1.29. The van der Waals surface area contributed by atoms with Gasteiger partial charge in [0.25, 0.3) is 0 Å². The van der Waals surface area contributed by atoms with Crippen LogP contribution in [0.5, 0.6) is 0 Å². The molecule has 0 unspecified atom stereocenters. The summed E-state index contributed by atoms with van der Waals surface area (Å²) >= 11 is 6.00. The first-order valence-corrected chi connectivity index (χ1v) is 4.89. The van der Waals surface area contributed by atoms with Crippen LogP contribution in [-0.2, 0) is 0 Å². The van der Waals surface area contributed by atoms with Gasteiger partial charge in [-0.05, 0) is 12.2 Å². The molecule has 0 saturated heterocycles. The monoisotopic (exact) mass is 150 g/mol. The summed E-state index contributed by atoms with van der Waals surface area (Å²) in [6.45, 7) is 2.23. The van der Waals surface area contributed by atoms with Gasteiger partial charge in [-0.3, -0.25) is 0 Å². The first-order valence-electron chi connectivity index (χ1n) is 3.10. The fourth-order valence-corrected chi connectivity index (χ4v) is 1.44. The van der Waals surface area contributed by atoms with E-state index in [4.69, 9.17) is 0 Å². The van der Waals surface area contributed by atoms with E-state index in [-0.39, 0.29) is 0 Å². The van der Waals surface area contributed by atoms with Gasteiger partial charge in [-0.25, -0.2) is 0 Å². The zero-order valence-corrected chi connectivity index (χ0v) is 7.10. The molecule has 0 aromatic rings. The topological polar surface area (TPSA) is 0 Å². The minimum absolute atomic E-state index is 0.976. The van der Waals surface area contributed by atoms with Crippen LogP contribution in [-0.4, -0.2) is 10.8 Å². The van der Waals surface area contributed by atoms with Crippen LogP contribution in [0.25, 0.3) is 0 Å². The van der Waals surface area contributed by atoms with Crippen LogP contribution < -0.4 is 0 Å². The Morgan fingerprint density at radius 2 is 2.12 bits per heavy atom. The lowest BCUT2D eigenvalue weighted by Crippen LogP contribution is -1.77. The summed E-state index contributed by atoms with van der Waals surface area (Å²) in [6, 6.07) is 0. The molecule has 0 aromatic carbocycles. The highest BCUT2D eigenvalue weighted by Gasteiger charge is 1.83. The number of hydrogen-bond donors (Lipinski definition) is 1. The maximum Gasteiger partial charge on any atom is 0.0361 e. The molecular weight excluding hydrogens is 136 g/mol. The molecular formula is C6H14S2. The smallest absolute Gasteiger partial charge is 0.0361 e. The van der Waals surface area contributed by atoms with Crippen molar-refractivity contribution in [3.63, 3.8) is 0 Å². The zero-order valence-electron chi connectivity index (χ0n) is 5.39. The highest BCUT2D eigenvalue weighted by atomic mass is 32.2. The van der Waals surface area contributed by atoms with Crippen molar-refractivity contribution < 1.29 is 0 Å². The van der Waals surface area contributed by atoms with Gasteiger partial charge in [0.1, 0.15) is 0 Å². The molecule has 0 radical (unpaired) electrons. The number of thiol groups is 1. The Morgan fingerprint density at radius 3 is 2.62 bits per heavy atom. The van der Waals surface area contributed by atoms with Crippen LogP contribution in [0.15, 0.2) is 0 Å². The van der Waals surface area contributed by atoms with Crippen molar-refractivity contribution in [2.75, 3.05) is 10.8 Å². The van der Waals surface area contributed by atoms with Crippen LogP contribution in [0.4, 0.5) is 0 Å². The predicted octanol–water partition coefficient (Wildman–Crippen LogP) is 2.80. The third-order valence-electron chi connectivity index (χ3n) is 0.984. The molecule has 0 saturated carbocycles. The standard InChI is InChI=1S/C6H14S2/c1-2-3-4-5-8-6-7/h7H,2-6H2,1H3. The molecule has 0 N–H and O–H groups in total. The van der Waals surface area contributed by atoms with Crippen LogP contribution in [0, 0.1) is 0 Å². The Balaban J connectivity index is 2.53. The largest absolute Gasteiger partial charge is 0.168 e. The van der Waals surface area contributed by atoms with E-state index in [1.165, 1.54) is 25.0 Å². The van der Waals surface area contributed by atoms with Crippen molar-refractivity contribution >= 4 is 24.4 Å². The fourth-order valence-electron chi connectivity index (χ4n) is 0.519. The minimum atomic E-state index is 0.976. The van der Waals surface area contributed by atoms with E-state index >= 15 is 0 Å². The van der Waals surface area contributed by atoms with Crippen LogP contribution in [0.1, 0.15) is 26.2 Å². The van der Waals surface area contributed by atoms with Gasteiger partial charge in [-0.15, -0.1) is 0 Å². The molecule has 0 atom stereocenters. The molecule has 0 rings (SSSR count). The second-order valence-electron chi connectivity index (χ2n) is 1.74. The third-order valence-corrected chi connectivity index (χ3v) is 2.29. The van der Waals surface area contributed by atoms with Gasteiger partial charge in [0.05, 0.1) is 0 Å². The van der Waals surface area contributed by atoms with E-state index in [1.54, 1.807) is 0 Å². The van der Waals surface area contributed by atoms with E-state index < -0.39 is 0 Å². The molecule has 0 nitrogen and oxygen atoms in total. The number of thioether (sulfide) groups is 1. The van der Waals surface area contributed by atoms with E-state index in [2.05, 4.69) is 19.6 Å². The van der Waals surface area contributed by atoms with E-state index in [0.29, 0.717) is 0 Å². The van der Waals surface area contributed by atoms with Crippen molar-refractivity contribution in [3.05, 3.63) is 0 Å². The Labute approximate surface area is 61.8 Å². The second kappa shape index (κ2) is 7.70. The van der Waals surface area contributed by atoms with Crippen molar-refractivity contribution in [1.29, 1.82) is 0 Å². The zero-order chi connectivity index (χ0) is 6.24. The van der Waals surface area contributed by atoms with Gasteiger partial charge < -0.3 is 0 Å². The molecule has 0 bridgehead atoms. The summed E-state index contributed by atoms with van der Waals surface area (Å²) in [4.78, 5) is 0. The molecule has 0 aliphatic rings. The molecule has 0 aliphatic carbocycles. The van der Waals surface area contributed by atoms with Crippen LogP contribution in [0.3, 0.4) is 0 Å².